The van der Waals surface area contributed by atoms with E-state index in [1.807, 2.05) is 18.2 Å². The number of carbonyl (C=O) groups is 1. The Labute approximate surface area is 97.4 Å². The smallest absolute Gasteiger partial charge is 0.186 e. The van der Waals surface area contributed by atoms with Gasteiger partial charge in [-0.1, -0.05) is 11.8 Å². The molecule has 0 bridgehead atoms. The fourth-order valence-electron chi connectivity index (χ4n) is 1.41. The maximum Gasteiger partial charge on any atom is 0.186 e. The van der Waals surface area contributed by atoms with E-state index < -0.39 is 0 Å². The van der Waals surface area contributed by atoms with Crippen molar-refractivity contribution < 1.29 is 9.53 Å². The van der Waals surface area contributed by atoms with Crippen LogP contribution in [0.25, 0.3) is 11.0 Å². The SMILES string of the molecule is COc1ccc2nc(CSC(C)=O)[nH]c2c1. The number of imidazole rings is 1. The van der Waals surface area contributed by atoms with Crippen LogP contribution < -0.4 is 4.74 Å². The average Bonchev–Trinajstić information content (AvgIpc) is 2.67. The van der Waals surface area contributed by atoms with Crippen LogP contribution in [-0.4, -0.2) is 22.2 Å². The van der Waals surface area contributed by atoms with Gasteiger partial charge in [0.25, 0.3) is 0 Å². The minimum atomic E-state index is 0.0954. The number of aromatic amines is 1. The summed E-state index contributed by atoms with van der Waals surface area (Å²) in [4.78, 5) is 18.4. The minimum Gasteiger partial charge on any atom is -0.497 e. The predicted molar refractivity (Wildman–Crippen MR) is 64.6 cm³/mol. The van der Waals surface area contributed by atoms with Gasteiger partial charge in [0, 0.05) is 13.0 Å². The molecule has 1 aromatic heterocycles. The molecule has 1 heterocycles. The van der Waals surface area contributed by atoms with Gasteiger partial charge in [0.2, 0.25) is 0 Å². The van der Waals surface area contributed by atoms with Crippen LogP contribution in [-0.2, 0) is 10.5 Å². The average molecular weight is 236 g/mol. The molecule has 0 spiro atoms. The highest BCUT2D eigenvalue weighted by Crippen LogP contribution is 2.20. The van der Waals surface area contributed by atoms with Crippen LogP contribution in [0.5, 0.6) is 5.75 Å². The van der Waals surface area contributed by atoms with Crippen molar-refractivity contribution in [3.05, 3.63) is 24.0 Å². The number of ether oxygens (including phenoxy) is 1. The molecule has 5 heteroatoms. The van der Waals surface area contributed by atoms with Gasteiger partial charge in [0.05, 0.1) is 23.9 Å². The molecule has 0 saturated carbocycles. The van der Waals surface area contributed by atoms with Crippen LogP contribution in [0.3, 0.4) is 0 Å². The number of rotatable bonds is 3. The lowest BCUT2D eigenvalue weighted by atomic mass is 10.3. The summed E-state index contributed by atoms with van der Waals surface area (Å²) in [6.45, 7) is 1.55. The molecule has 0 atom stereocenters. The molecule has 2 aromatic rings. The van der Waals surface area contributed by atoms with E-state index >= 15 is 0 Å². The number of nitrogens with zero attached hydrogens (tertiary/aromatic N) is 1. The van der Waals surface area contributed by atoms with Gasteiger partial charge < -0.3 is 9.72 Å². The lowest BCUT2D eigenvalue weighted by Crippen LogP contribution is -1.87. The van der Waals surface area contributed by atoms with Crippen molar-refractivity contribution in [3.8, 4) is 5.75 Å². The van der Waals surface area contributed by atoms with E-state index in [4.69, 9.17) is 4.74 Å². The standard InChI is InChI=1S/C11H12N2O2S/c1-7(14)16-6-11-12-9-4-3-8(15-2)5-10(9)13-11/h3-5H,6H2,1-2H3,(H,12,13). The van der Waals surface area contributed by atoms with Gasteiger partial charge >= 0.3 is 0 Å². The molecule has 0 unspecified atom stereocenters. The molecule has 4 nitrogen and oxygen atoms in total. The summed E-state index contributed by atoms with van der Waals surface area (Å²) < 4.78 is 5.12. The van der Waals surface area contributed by atoms with E-state index in [0.29, 0.717) is 5.75 Å². The third-order valence-electron chi connectivity index (χ3n) is 2.15. The van der Waals surface area contributed by atoms with Crippen LogP contribution in [0.4, 0.5) is 0 Å². The predicted octanol–water partition coefficient (Wildman–Crippen LogP) is 2.35. The lowest BCUT2D eigenvalue weighted by Gasteiger charge is -1.96. The number of nitrogens with one attached hydrogen (secondary N) is 1. The van der Waals surface area contributed by atoms with Crippen LogP contribution in [0.1, 0.15) is 12.7 Å². The van der Waals surface area contributed by atoms with Crippen LogP contribution >= 0.6 is 11.8 Å². The molecule has 16 heavy (non-hydrogen) atoms. The molecule has 0 radical (unpaired) electrons. The molecule has 0 fully saturated rings. The topological polar surface area (TPSA) is 55.0 Å². The zero-order valence-electron chi connectivity index (χ0n) is 9.11. The number of aromatic nitrogens is 2. The Hall–Kier alpha value is -1.49. The second-order valence-corrected chi connectivity index (χ2v) is 4.50. The van der Waals surface area contributed by atoms with Crippen molar-refractivity contribution in [3.63, 3.8) is 0 Å². The largest absolute Gasteiger partial charge is 0.497 e. The van der Waals surface area contributed by atoms with E-state index in [-0.39, 0.29) is 5.12 Å². The summed E-state index contributed by atoms with van der Waals surface area (Å²) in [6.07, 6.45) is 0. The van der Waals surface area contributed by atoms with Crippen molar-refractivity contribution in [2.24, 2.45) is 0 Å². The maximum absolute atomic E-state index is 10.8. The first-order chi connectivity index (χ1) is 7.69. The second kappa shape index (κ2) is 4.57. The van der Waals surface area contributed by atoms with Gasteiger partial charge in [-0.05, 0) is 12.1 Å². The molecular formula is C11H12N2O2S. The number of thioether (sulfide) groups is 1. The van der Waals surface area contributed by atoms with Gasteiger partial charge in [0.1, 0.15) is 11.6 Å². The Morgan fingerprint density at radius 1 is 1.56 bits per heavy atom. The van der Waals surface area contributed by atoms with E-state index in [1.165, 1.54) is 11.8 Å². The van der Waals surface area contributed by atoms with Crippen molar-refractivity contribution in [2.45, 2.75) is 12.7 Å². The van der Waals surface area contributed by atoms with Gasteiger partial charge in [-0.15, -0.1) is 0 Å². The summed E-state index contributed by atoms with van der Waals surface area (Å²) in [7, 11) is 1.63. The second-order valence-electron chi connectivity index (χ2n) is 3.35. The summed E-state index contributed by atoms with van der Waals surface area (Å²) >= 11 is 1.25. The monoisotopic (exact) mass is 236 g/mol. The molecule has 0 aliphatic heterocycles. The quantitative estimate of drug-likeness (QED) is 0.888. The summed E-state index contributed by atoms with van der Waals surface area (Å²) in [6, 6.07) is 5.65. The van der Waals surface area contributed by atoms with E-state index in [1.54, 1.807) is 14.0 Å². The van der Waals surface area contributed by atoms with E-state index in [0.717, 1.165) is 22.6 Å². The number of carbonyl (C=O) groups excluding carboxylic acids is 1. The Balaban J connectivity index is 2.25. The molecule has 0 aliphatic rings. The number of fused-ring (bicyclic) bond motifs is 1. The van der Waals surface area contributed by atoms with Crippen molar-refractivity contribution in [1.29, 1.82) is 0 Å². The Morgan fingerprint density at radius 3 is 3.06 bits per heavy atom. The molecule has 1 N–H and O–H groups in total. The normalized spacial score (nSPS) is 10.6. The third kappa shape index (κ3) is 2.36. The number of methoxy groups -OCH3 is 1. The fourth-order valence-corrected chi connectivity index (χ4v) is 1.88. The fraction of sp³-hybridized carbons (Fsp3) is 0.273. The summed E-state index contributed by atoms with van der Waals surface area (Å²) in [5, 5.41) is 0.0954. The number of benzene rings is 1. The highest BCUT2D eigenvalue weighted by Gasteiger charge is 2.05. The van der Waals surface area contributed by atoms with Crippen molar-refractivity contribution in [2.75, 3.05) is 7.11 Å². The van der Waals surface area contributed by atoms with Gasteiger partial charge in [-0.25, -0.2) is 4.98 Å². The first-order valence-electron chi connectivity index (χ1n) is 4.85. The number of H-pyrrole nitrogens is 1. The molecule has 0 saturated heterocycles. The van der Waals surface area contributed by atoms with Crippen LogP contribution in [0.15, 0.2) is 18.2 Å². The maximum atomic E-state index is 10.8. The lowest BCUT2D eigenvalue weighted by molar-refractivity contribution is -0.109. The van der Waals surface area contributed by atoms with E-state index in [2.05, 4.69) is 9.97 Å². The Kier molecular flexibility index (Phi) is 3.14. The van der Waals surface area contributed by atoms with Crippen molar-refractivity contribution in [1.82, 2.24) is 9.97 Å². The molecule has 0 aliphatic carbocycles. The zero-order chi connectivity index (χ0) is 11.5. The molecule has 0 amide bonds. The van der Waals surface area contributed by atoms with Crippen LogP contribution in [0, 0.1) is 0 Å². The summed E-state index contributed by atoms with van der Waals surface area (Å²) in [5.41, 5.74) is 1.82. The molecular weight excluding hydrogens is 224 g/mol. The molecule has 1 aromatic carbocycles. The van der Waals surface area contributed by atoms with Crippen molar-refractivity contribution >= 4 is 27.9 Å². The molecule has 84 valence electrons. The summed E-state index contributed by atoms with van der Waals surface area (Å²) in [5.74, 6) is 2.18. The molecule has 2 rings (SSSR count). The van der Waals surface area contributed by atoms with E-state index in [9.17, 15) is 4.79 Å². The minimum absolute atomic E-state index is 0.0954. The van der Waals surface area contributed by atoms with Crippen LogP contribution in [0.2, 0.25) is 0 Å². The zero-order valence-corrected chi connectivity index (χ0v) is 9.93. The van der Waals surface area contributed by atoms with Gasteiger partial charge in [0.15, 0.2) is 5.12 Å². The number of hydrogen-bond acceptors (Lipinski definition) is 4. The third-order valence-corrected chi connectivity index (χ3v) is 2.97. The Morgan fingerprint density at radius 2 is 2.38 bits per heavy atom. The van der Waals surface area contributed by atoms with Gasteiger partial charge in [-0.3, -0.25) is 4.79 Å². The Bertz CT molecular complexity index is 522. The highest BCUT2D eigenvalue weighted by molar-refractivity contribution is 8.12. The highest BCUT2D eigenvalue weighted by atomic mass is 32.2. The first kappa shape index (κ1) is 11.0. The number of hydrogen-bond donors (Lipinski definition) is 1. The first-order valence-corrected chi connectivity index (χ1v) is 5.83. The van der Waals surface area contributed by atoms with Gasteiger partial charge in [-0.2, -0.15) is 0 Å².